The first-order valence-electron chi connectivity index (χ1n) is 7.86. The Bertz CT molecular complexity index is 975. The first-order valence-corrected chi connectivity index (χ1v) is 8.24. The topological polar surface area (TPSA) is 59.2 Å². The molecule has 1 atom stereocenters. The van der Waals surface area contributed by atoms with Crippen LogP contribution in [0.15, 0.2) is 47.0 Å². The largest absolute Gasteiger partial charge is 0.334 e. The van der Waals surface area contributed by atoms with E-state index in [4.69, 9.17) is 16.1 Å². The van der Waals surface area contributed by atoms with Gasteiger partial charge in [0.2, 0.25) is 5.91 Å². The highest BCUT2D eigenvalue weighted by Gasteiger charge is 2.34. The van der Waals surface area contributed by atoms with Crippen LogP contribution >= 0.6 is 11.6 Å². The number of rotatable bonds is 3. The van der Waals surface area contributed by atoms with Gasteiger partial charge in [-0.15, -0.1) is 0 Å². The van der Waals surface area contributed by atoms with Crippen LogP contribution < -0.4 is 4.90 Å². The zero-order valence-corrected chi connectivity index (χ0v) is 14.1. The van der Waals surface area contributed by atoms with Crippen molar-refractivity contribution in [2.45, 2.75) is 12.3 Å². The Hall–Kier alpha value is -2.80. The number of hydrogen-bond acceptors (Lipinski definition) is 4. The van der Waals surface area contributed by atoms with E-state index in [2.05, 4.69) is 10.1 Å². The Balaban J connectivity index is 1.58. The molecule has 0 bridgehead atoms. The molecular weight excluding hydrogens is 364 g/mol. The number of aromatic nitrogens is 2. The van der Waals surface area contributed by atoms with Crippen LogP contribution in [-0.2, 0) is 4.79 Å². The van der Waals surface area contributed by atoms with Crippen molar-refractivity contribution in [2.75, 3.05) is 11.4 Å². The minimum absolute atomic E-state index is 0.0828. The summed E-state index contributed by atoms with van der Waals surface area (Å²) in [6, 6.07) is 9.92. The Morgan fingerprint density at radius 1 is 1.15 bits per heavy atom. The molecule has 26 heavy (non-hydrogen) atoms. The minimum atomic E-state index is -0.660. The lowest BCUT2D eigenvalue weighted by atomic mass is 10.1. The van der Waals surface area contributed by atoms with Gasteiger partial charge in [-0.1, -0.05) is 16.8 Å². The highest BCUT2D eigenvalue weighted by molar-refractivity contribution is 6.30. The lowest BCUT2D eigenvalue weighted by molar-refractivity contribution is -0.117. The van der Waals surface area contributed by atoms with Crippen molar-refractivity contribution in [3.63, 3.8) is 0 Å². The maximum atomic E-state index is 13.9. The van der Waals surface area contributed by atoms with Gasteiger partial charge >= 0.3 is 0 Å². The van der Waals surface area contributed by atoms with Crippen LogP contribution in [0.4, 0.5) is 14.5 Å². The molecule has 0 radical (unpaired) electrons. The standard InChI is InChI=1S/C18H12ClF2N3O2/c19-11-1-4-13(5-2-11)24-9-10(7-16(24)25)17-22-18(26-23-17)14-8-12(20)3-6-15(14)21/h1-6,8,10H,7,9H2/t10-/m0/s1. The molecule has 0 unspecified atom stereocenters. The molecule has 4 rings (SSSR count). The summed E-state index contributed by atoms with van der Waals surface area (Å²) in [6.45, 7) is 0.366. The van der Waals surface area contributed by atoms with Gasteiger partial charge in [0.05, 0.1) is 5.56 Å². The van der Waals surface area contributed by atoms with Crippen molar-refractivity contribution in [1.29, 1.82) is 0 Å². The molecule has 0 spiro atoms. The zero-order valence-electron chi connectivity index (χ0n) is 13.3. The summed E-state index contributed by atoms with van der Waals surface area (Å²) < 4.78 is 32.3. The fourth-order valence-corrected chi connectivity index (χ4v) is 3.05. The van der Waals surface area contributed by atoms with Crippen LogP contribution in [0.1, 0.15) is 18.2 Å². The third-order valence-corrected chi connectivity index (χ3v) is 4.48. The highest BCUT2D eigenvalue weighted by atomic mass is 35.5. The van der Waals surface area contributed by atoms with Gasteiger partial charge in [0.1, 0.15) is 11.6 Å². The zero-order chi connectivity index (χ0) is 18.3. The van der Waals surface area contributed by atoms with E-state index in [1.54, 1.807) is 29.2 Å². The van der Waals surface area contributed by atoms with E-state index in [1.807, 2.05) is 0 Å². The molecule has 0 aliphatic carbocycles. The molecule has 5 nitrogen and oxygen atoms in total. The number of halogens is 3. The summed E-state index contributed by atoms with van der Waals surface area (Å²) in [6.07, 6.45) is 0.202. The molecular formula is C18H12ClF2N3O2. The predicted octanol–water partition coefficient (Wildman–Crippen LogP) is 4.19. The number of amides is 1. The van der Waals surface area contributed by atoms with E-state index < -0.39 is 11.6 Å². The van der Waals surface area contributed by atoms with Gasteiger partial charge in [-0.25, -0.2) is 8.78 Å². The molecule has 0 saturated carbocycles. The second-order valence-corrected chi connectivity index (χ2v) is 6.40. The van der Waals surface area contributed by atoms with Crippen molar-refractivity contribution in [2.24, 2.45) is 0 Å². The highest BCUT2D eigenvalue weighted by Crippen LogP contribution is 2.32. The Labute approximate surface area is 152 Å². The molecule has 2 heterocycles. The minimum Gasteiger partial charge on any atom is -0.334 e. The van der Waals surface area contributed by atoms with E-state index >= 15 is 0 Å². The van der Waals surface area contributed by atoms with Gasteiger partial charge in [-0.3, -0.25) is 4.79 Å². The summed E-state index contributed by atoms with van der Waals surface area (Å²) in [5.74, 6) is -1.48. The second-order valence-electron chi connectivity index (χ2n) is 5.96. The van der Waals surface area contributed by atoms with E-state index in [-0.39, 0.29) is 35.5 Å². The summed E-state index contributed by atoms with van der Waals surface area (Å²) in [4.78, 5) is 18.1. The van der Waals surface area contributed by atoms with Crippen LogP contribution in [0.3, 0.4) is 0 Å². The number of benzene rings is 2. The van der Waals surface area contributed by atoms with Crippen LogP contribution in [0, 0.1) is 11.6 Å². The van der Waals surface area contributed by atoms with E-state index in [0.29, 0.717) is 11.6 Å². The third-order valence-electron chi connectivity index (χ3n) is 4.23. The van der Waals surface area contributed by atoms with Crippen LogP contribution in [0.2, 0.25) is 5.02 Å². The molecule has 1 amide bonds. The average Bonchev–Trinajstić information content (AvgIpc) is 3.25. The number of carbonyl (C=O) groups is 1. The summed E-state index contributed by atoms with van der Waals surface area (Å²) in [7, 11) is 0. The normalized spacial score (nSPS) is 17.1. The maximum absolute atomic E-state index is 13.9. The SMILES string of the molecule is O=C1C[C@H](c2noc(-c3cc(F)ccc3F)n2)CN1c1ccc(Cl)cc1. The lowest BCUT2D eigenvalue weighted by Crippen LogP contribution is -2.24. The molecule has 8 heteroatoms. The van der Waals surface area contributed by atoms with E-state index in [1.165, 1.54) is 0 Å². The number of nitrogens with zero attached hydrogens (tertiary/aromatic N) is 3. The summed E-state index contributed by atoms with van der Waals surface area (Å²) in [5, 5.41) is 4.43. The smallest absolute Gasteiger partial charge is 0.261 e. The molecule has 2 aromatic carbocycles. The van der Waals surface area contributed by atoms with Crippen molar-refractivity contribution >= 4 is 23.2 Å². The van der Waals surface area contributed by atoms with E-state index in [9.17, 15) is 13.6 Å². The molecule has 1 aliphatic heterocycles. The third kappa shape index (κ3) is 3.06. The number of anilines is 1. The summed E-state index contributed by atoms with van der Waals surface area (Å²) in [5.41, 5.74) is 0.615. The molecule has 132 valence electrons. The Morgan fingerprint density at radius 2 is 1.92 bits per heavy atom. The number of hydrogen-bond donors (Lipinski definition) is 0. The van der Waals surface area contributed by atoms with Crippen LogP contribution in [0.25, 0.3) is 11.5 Å². The quantitative estimate of drug-likeness (QED) is 0.688. The maximum Gasteiger partial charge on any atom is 0.261 e. The molecule has 1 aliphatic rings. The first kappa shape index (κ1) is 16.7. The van der Waals surface area contributed by atoms with Gasteiger partial charge in [-0.2, -0.15) is 4.98 Å². The van der Waals surface area contributed by atoms with Gasteiger partial charge in [-0.05, 0) is 42.5 Å². The monoisotopic (exact) mass is 375 g/mol. The van der Waals surface area contributed by atoms with Crippen molar-refractivity contribution < 1.29 is 18.1 Å². The first-order chi connectivity index (χ1) is 12.5. The Kier molecular flexibility index (Phi) is 4.16. The average molecular weight is 376 g/mol. The second kappa shape index (κ2) is 6.49. The van der Waals surface area contributed by atoms with Crippen molar-refractivity contribution in [3.05, 3.63) is 64.9 Å². The lowest BCUT2D eigenvalue weighted by Gasteiger charge is -2.16. The van der Waals surface area contributed by atoms with Crippen molar-refractivity contribution in [3.8, 4) is 11.5 Å². The van der Waals surface area contributed by atoms with Gasteiger partial charge in [0, 0.05) is 29.6 Å². The van der Waals surface area contributed by atoms with Crippen molar-refractivity contribution in [1.82, 2.24) is 10.1 Å². The predicted molar refractivity (Wildman–Crippen MR) is 90.8 cm³/mol. The van der Waals surface area contributed by atoms with Gasteiger partial charge < -0.3 is 9.42 Å². The summed E-state index contributed by atoms with van der Waals surface area (Å²) >= 11 is 5.87. The molecule has 3 aromatic rings. The number of carbonyl (C=O) groups excluding carboxylic acids is 1. The van der Waals surface area contributed by atoms with Crippen LogP contribution in [-0.4, -0.2) is 22.6 Å². The Morgan fingerprint density at radius 3 is 2.69 bits per heavy atom. The molecule has 1 aromatic heterocycles. The molecule has 1 fully saturated rings. The van der Waals surface area contributed by atoms with E-state index in [0.717, 1.165) is 23.9 Å². The van der Waals surface area contributed by atoms with Gasteiger partial charge in [0.25, 0.3) is 5.89 Å². The van der Waals surface area contributed by atoms with Crippen LogP contribution in [0.5, 0.6) is 0 Å². The fourth-order valence-electron chi connectivity index (χ4n) is 2.92. The molecule has 1 saturated heterocycles. The van der Waals surface area contributed by atoms with Gasteiger partial charge in [0.15, 0.2) is 5.82 Å². The molecule has 0 N–H and O–H groups in total. The fraction of sp³-hybridized carbons (Fsp3) is 0.167.